The van der Waals surface area contributed by atoms with Gasteiger partial charge in [-0.1, -0.05) is 23.7 Å². The van der Waals surface area contributed by atoms with Gasteiger partial charge in [-0.15, -0.1) is 11.3 Å². The van der Waals surface area contributed by atoms with Crippen molar-refractivity contribution in [2.45, 2.75) is 6.92 Å². The highest BCUT2D eigenvalue weighted by Crippen LogP contribution is 2.22. The Morgan fingerprint density at radius 3 is 2.95 bits per heavy atom. The van der Waals surface area contributed by atoms with E-state index < -0.39 is 0 Å². The Hall–Kier alpha value is -1.85. The van der Waals surface area contributed by atoms with Gasteiger partial charge in [-0.3, -0.25) is 4.79 Å². The van der Waals surface area contributed by atoms with Crippen LogP contribution in [-0.4, -0.2) is 18.7 Å². The van der Waals surface area contributed by atoms with Crippen LogP contribution >= 0.6 is 22.9 Å². The first-order chi connectivity index (χ1) is 9.66. The van der Waals surface area contributed by atoms with Crippen molar-refractivity contribution in [2.24, 2.45) is 5.10 Å². The second-order valence-corrected chi connectivity index (χ2v) is 5.34. The minimum atomic E-state index is -0.338. The molecule has 104 valence electrons. The average Bonchev–Trinajstić information content (AvgIpc) is 2.84. The summed E-state index contributed by atoms with van der Waals surface area (Å²) >= 11 is 7.48. The molecule has 0 unspecified atom stereocenters. The summed E-state index contributed by atoms with van der Waals surface area (Å²) in [6.07, 6.45) is 1.62. The lowest BCUT2D eigenvalue weighted by Crippen LogP contribution is -2.24. The van der Waals surface area contributed by atoms with E-state index in [1.807, 2.05) is 18.4 Å². The van der Waals surface area contributed by atoms with E-state index in [2.05, 4.69) is 10.5 Å². The predicted molar refractivity (Wildman–Crippen MR) is 81.7 cm³/mol. The van der Waals surface area contributed by atoms with Crippen LogP contribution in [0.15, 0.2) is 40.8 Å². The van der Waals surface area contributed by atoms with Crippen LogP contribution in [0.5, 0.6) is 5.75 Å². The maximum Gasteiger partial charge on any atom is 0.277 e. The van der Waals surface area contributed by atoms with Gasteiger partial charge < -0.3 is 4.74 Å². The molecule has 1 N–H and O–H groups in total. The monoisotopic (exact) mass is 308 g/mol. The van der Waals surface area contributed by atoms with Gasteiger partial charge in [-0.05, 0) is 36.1 Å². The maximum absolute atomic E-state index is 11.6. The van der Waals surface area contributed by atoms with Crippen molar-refractivity contribution < 1.29 is 9.53 Å². The summed E-state index contributed by atoms with van der Waals surface area (Å²) in [5, 5.41) is 6.32. The van der Waals surface area contributed by atoms with E-state index >= 15 is 0 Å². The number of aryl methyl sites for hydroxylation is 1. The molecule has 0 atom stereocenters. The van der Waals surface area contributed by atoms with E-state index in [4.69, 9.17) is 16.3 Å². The lowest BCUT2D eigenvalue weighted by molar-refractivity contribution is -0.123. The van der Waals surface area contributed by atoms with Crippen molar-refractivity contribution in [1.82, 2.24) is 5.43 Å². The highest BCUT2D eigenvalue weighted by atomic mass is 35.5. The molecule has 4 nitrogen and oxygen atoms in total. The highest BCUT2D eigenvalue weighted by molar-refractivity contribution is 7.11. The minimum absolute atomic E-state index is 0.134. The molecule has 1 amide bonds. The summed E-state index contributed by atoms with van der Waals surface area (Å²) in [5.41, 5.74) is 3.53. The van der Waals surface area contributed by atoms with Gasteiger partial charge in [0.25, 0.3) is 5.91 Å². The number of hydrogen-bond donors (Lipinski definition) is 1. The van der Waals surface area contributed by atoms with Crippen LogP contribution in [-0.2, 0) is 4.79 Å². The number of nitrogens with one attached hydrogen (secondary N) is 1. The van der Waals surface area contributed by atoms with Crippen LogP contribution in [0.4, 0.5) is 0 Å². The van der Waals surface area contributed by atoms with E-state index in [1.54, 1.807) is 41.8 Å². The van der Waals surface area contributed by atoms with Crippen LogP contribution < -0.4 is 10.2 Å². The Morgan fingerprint density at radius 1 is 1.45 bits per heavy atom. The summed E-state index contributed by atoms with van der Waals surface area (Å²) in [5.74, 6) is 0.137. The van der Waals surface area contributed by atoms with Crippen LogP contribution in [0.25, 0.3) is 0 Å². The predicted octanol–water partition coefficient (Wildman–Crippen LogP) is 3.24. The molecule has 0 spiro atoms. The molecule has 0 aliphatic rings. The molecule has 1 aromatic carbocycles. The Labute approximate surface area is 126 Å². The van der Waals surface area contributed by atoms with Crippen molar-refractivity contribution in [3.63, 3.8) is 0 Å². The number of thiophene rings is 1. The third-order valence-electron chi connectivity index (χ3n) is 2.47. The molecule has 1 aromatic heterocycles. The second kappa shape index (κ2) is 7.07. The van der Waals surface area contributed by atoms with E-state index in [1.165, 1.54) is 0 Å². The first-order valence-corrected chi connectivity index (χ1v) is 7.16. The van der Waals surface area contributed by atoms with E-state index in [0.29, 0.717) is 10.8 Å². The van der Waals surface area contributed by atoms with Gasteiger partial charge in [-0.25, -0.2) is 5.43 Å². The van der Waals surface area contributed by atoms with Crippen molar-refractivity contribution >= 4 is 35.1 Å². The highest BCUT2D eigenvalue weighted by Gasteiger charge is 2.04. The smallest absolute Gasteiger partial charge is 0.277 e. The van der Waals surface area contributed by atoms with Crippen LogP contribution in [0.2, 0.25) is 5.02 Å². The fourth-order valence-corrected chi connectivity index (χ4v) is 2.39. The number of nitrogens with zero attached hydrogens (tertiary/aromatic N) is 1. The molecule has 0 bridgehead atoms. The Bertz CT molecular complexity index is 625. The summed E-state index contributed by atoms with van der Waals surface area (Å²) in [4.78, 5) is 12.6. The zero-order valence-corrected chi connectivity index (χ0v) is 12.4. The van der Waals surface area contributed by atoms with Crippen LogP contribution in [0.3, 0.4) is 0 Å². The standard InChI is InChI=1S/C14H13ClN2O2S/c1-10-6-7-20-13(10)8-16-17-14(18)9-19-12-5-3-2-4-11(12)15/h2-8H,9H2,1H3,(H,17,18). The van der Waals surface area contributed by atoms with Crippen molar-refractivity contribution in [1.29, 1.82) is 0 Å². The molecule has 2 rings (SSSR count). The zero-order valence-electron chi connectivity index (χ0n) is 10.8. The average molecular weight is 309 g/mol. The third kappa shape index (κ3) is 4.08. The second-order valence-electron chi connectivity index (χ2n) is 3.98. The van der Waals surface area contributed by atoms with Crippen LogP contribution in [0, 0.1) is 6.92 Å². The maximum atomic E-state index is 11.6. The molecular formula is C14H13ClN2O2S. The van der Waals surface area contributed by atoms with Gasteiger partial charge in [0.05, 0.1) is 11.2 Å². The zero-order chi connectivity index (χ0) is 14.4. The molecular weight excluding hydrogens is 296 g/mol. The lowest BCUT2D eigenvalue weighted by atomic mass is 10.3. The number of benzene rings is 1. The molecule has 6 heteroatoms. The quantitative estimate of drug-likeness (QED) is 0.681. The Balaban J connectivity index is 1.80. The SMILES string of the molecule is Cc1ccsc1C=NNC(=O)COc1ccccc1Cl. The fourth-order valence-electron chi connectivity index (χ4n) is 1.42. The molecule has 0 aliphatic carbocycles. The lowest BCUT2D eigenvalue weighted by Gasteiger charge is -2.06. The van der Waals surface area contributed by atoms with E-state index in [0.717, 1.165) is 10.4 Å². The summed E-state index contributed by atoms with van der Waals surface area (Å²) in [7, 11) is 0. The topological polar surface area (TPSA) is 50.7 Å². The number of hydrazone groups is 1. The van der Waals surface area contributed by atoms with Gasteiger partial charge in [-0.2, -0.15) is 5.10 Å². The molecule has 0 fully saturated rings. The normalized spacial score (nSPS) is 10.7. The van der Waals surface area contributed by atoms with Gasteiger partial charge in [0.15, 0.2) is 6.61 Å². The van der Waals surface area contributed by atoms with Gasteiger partial charge in [0.2, 0.25) is 0 Å². The number of hydrogen-bond acceptors (Lipinski definition) is 4. The van der Waals surface area contributed by atoms with Gasteiger partial charge in [0, 0.05) is 4.88 Å². The molecule has 0 aliphatic heterocycles. The van der Waals surface area contributed by atoms with Gasteiger partial charge in [0.1, 0.15) is 5.75 Å². The summed E-state index contributed by atoms with van der Waals surface area (Å²) in [6.45, 7) is 1.85. The van der Waals surface area contributed by atoms with Crippen LogP contribution in [0.1, 0.15) is 10.4 Å². The van der Waals surface area contributed by atoms with E-state index in [-0.39, 0.29) is 12.5 Å². The number of amides is 1. The number of carbonyl (C=O) groups is 1. The summed E-state index contributed by atoms with van der Waals surface area (Å²) in [6, 6.07) is 8.98. The Kier molecular flexibility index (Phi) is 5.15. The molecule has 1 heterocycles. The Morgan fingerprint density at radius 2 is 2.25 bits per heavy atom. The molecule has 0 saturated carbocycles. The molecule has 20 heavy (non-hydrogen) atoms. The number of ether oxygens (including phenoxy) is 1. The number of carbonyl (C=O) groups excluding carboxylic acids is 1. The summed E-state index contributed by atoms with van der Waals surface area (Å²) < 4.78 is 5.29. The van der Waals surface area contributed by atoms with E-state index in [9.17, 15) is 4.79 Å². The largest absolute Gasteiger partial charge is 0.482 e. The number of para-hydroxylation sites is 1. The minimum Gasteiger partial charge on any atom is -0.482 e. The number of halogens is 1. The van der Waals surface area contributed by atoms with Crippen molar-refractivity contribution in [3.8, 4) is 5.75 Å². The first-order valence-electron chi connectivity index (χ1n) is 5.90. The number of rotatable bonds is 5. The molecule has 0 saturated heterocycles. The molecule has 2 aromatic rings. The van der Waals surface area contributed by atoms with Gasteiger partial charge >= 0.3 is 0 Å². The first kappa shape index (κ1) is 14.6. The molecule has 0 radical (unpaired) electrons. The third-order valence-corrected chi connectivity index (χ3v) is 3.73. The van der Waals surface area contributed by atoms with Crippen molar-refractivity contribution in [3.05, 3.63) is 51.2 Å². The van der Waals surface area contributed by atoms with Crippen molar-refractivity contribution in [2.75, 3.05) is 6.61 Å². The fraction of sp³-hybridized carbons (Fsp3) is 0.143.